The summed E-state index contributed by atoms with van der Waals surface area (Å²) in [6.45, 7) is 0.429. The molecule has 4 aromatic rings. The van der Waals surface area contributed by atoms with Gasteiger partial charge in [-0.3, -0.25) is 4.99 Å². The molecular formula is C30H25NO3. The zero-order valence-electron chi connectivity index (χ0n) is 18.7. The molecule has 0 saturated heterocycles. The molecule has 0 radical (unpaired) electrons. The molecule has 34 heavy (non-hydrogen) atoms. The Morgan fingerprint density at radius 1 is 0.824 bits per heavy atom. The van der Waals surface area contributed by atoms with Crippen LogP contribution in [0.25, 0.3) is 21.9 Å². The molecule has 0 saturated carbocycles. The van der Waals surface area contributed by atoms with E-state index in [1.165, 1.54) is 5.56 Å². The zero-order valence-corrected chi connectivity index (χ0v) is 18.7. The lowest BCUT2D eigenvalue weighted by Crippen LogP contribution is -2.00. The first-order valence-corrected chi connectivity index (χ1v) is 11.3. The van der Waals surface area contributed by atoms with Crippen LogP contribution in [0, 0.1) is 0 Å². The number of hydrogen-bond acceptors (Lipinski definition) is 4. The molecule has 0 fully saturated rings. The van der Waals surface area contributed by atoms with E-state index in [1.54, 1.807) is 24.3 Å². The van der Waals surface area contributed by atoms with Gasteiger partial charge in [-0.25, -0.2) is 0 Å². The Labute approximate surface area is 198 Å². The van der Waals surface area contributed by atoms with Crippen LogP contribution in [-0.4, -0.2) is 23.0 Å². The minimum Gasteiger partial charge on any atom is -0.508 e. The lowest BCUT2D eigenvalue weighted by atomic mass is 9.90. The fraction of sp³-hybridized carbons (Fsp3) is 0.100. The predicted octanol–water partition coefficient (Wildman–Crippen LogP) is 6.80. The van der Waals surface area contributed by atoms with Crippen molar-refractivity contribution in [3.8, 4) is 28.4 Å². The lowest BCUT2D eigenvalue weighted by Gasteiger charge is -2.15. The van der Waals surface area contributed by atoms with E-state index in [9.17, 15) is 10.2 Å². The summed E-state index contributed by atoms with van der Waals surface area (Å²) in [6, 6.07) is 25.0. The molecule has 0 aromatic heterocycles. The second-order valence-electron chi connectivity index (χ2n) is 8.29. The Bertz CT molecular complexity index is 1400. The van der Waals surface area contributed by atoms with E-state index in [1.807, 2.05) is 54.8 Å². The van der Waals surface area contributed by atoms with Crippen molar-refractivity contribution in [3.05, 3.63) is 114 Å². The molecule has 0 bridgehead atoms. The van der Waals surface area contributed by atoms with Gasteiger partial charge in [0.05, 0.1) is 5.70 Å². The third kappa shape index (κ3) is 4.86. The first kappa shape index (κ1) is 21.5. The summed E-state index contributed by atoms with van der Waals surface area (Å²) in [5.74, 6) is 1.29. The van der Waals surface area contributed by atoms with Gasteiger partial charge in [-0.05, 0) is 81.9 Å². The summed E-state index contributed by atoms with van der Waals surface area (Å²) < 4.78 is 5.93. The van der Waals surface area contributed by atoms with E-state index in [0.29, 0.717) is 6.61 Å². The van der Waals surface area contributed by atoms with Gasteiger partial charge in [0.25, 0.3) is 0 Å². The second-order valence-corrected chi connectivity index (χ2v) is 8.29. The predicted molar refractivity (Wildman–Crippen MR) is 138 cm³/mol. The lowest BCUT2D eigenvalue weighted by molar-refractivity contribution is 0.351. The first-order valence-electron chi connectivity index (χ1n) is 11.3. The number of allylic oxidation sites excluding steroid dienone is 3. The van der Waals surface area contributed by atoms with Crippen molar-refractivity contribution in [2.45, 2.75) is 12.8 Å². The summed E-state index contributed by atoms with van der Waals surface area (Å²) in [7, 11) is 0. The van der Waals surface area contributed by atoms with Crippen LogP contribution in [-0.2, 0) is 6.42 Å². The standard InChI is InChI=1S/C30H25NO3/c32-25-10-7-22(8-11-25)28-15-9-23-19-26(33)12-16-29(23)30(28)18-21-5-13-27(14-6-21)34-20-24-4-2-1-3-17-31-24/h1-2,4-17,19,32-33H,3,18,20H2. The SMILES string of the molecule is Oc1ccc(-c2ccc3cc(O)ccc3c2Cc2ccc(OCC3=CC=CCC=N3)cc2)cc1. The summed E-state index contributed by atoms with van der Waals surface area (Å²) in [4.78, 5) is 4.41. The Balaban J connectivity index is 1.43. The van der Waals surface area contributed by atoms with Crippen molar-refractivity contribution >= 4 is 17.0 Å². The van der Waals surface area contributed by atoms with Crippen LogP contribution >= 0.6 is 0 Å². The van der Waals surface area contributed by atoms with Crippen molar-refractivity contribution < 1.29 is 14.9 Å². The molecule has 0 atom stereocenters. The smallest absolute Gasteiger partial charge is 0.130 e. The molecule has 1 aliphatic heterocycles. The Morgan fingerprint density at radius 3 is 2.44 bits per heavy atom. The van der Waals surface area contributed by atoms with Crippen LogP contribution in [0.3, 0.4) is 0 Å². The van der Waals surface area contributed by atoms with Crippen LogP contribution in [0.15, 0.2) is 108 Å². The zero-order chi connectivity index (χ0) is 23.3. The van der Waals surface area contributed by atoms with E-state index in [-0.39, 0.29) is 11.5 Å². The van der Waals surface area contributed by atoms with Crippen molar-refractivity contribution in [1.82, 2.24) is 0 Å². The molecule has 0 aliphatic carbocycles. The van der Waals surface area contributed by atoms with Crippen LogP contribution in [0.4, 0.5) is 0 Å². The van der Waals surface area contributed by atoms with Gasteiger partial charge in [-0.1, -0.05) is 54.6 Å². The maximum Gasteiger partial charge on any atom is 0.130 e. The fourth-order valence-electron chi connectivity index (χ4n) is 4.17. The molecule has 2 N–H and O–H groups in total. The Morgan fingerprint density at radius 2 is 1.62 bits per heavy atom. The Hall–Kier alpha value is -4.31. The highest BCUT2D eigenvalue weighted by atomic mass is 16.5. The molecule has 4 aromatic carbocycles. The first-order chi connectivity index (χ1) is 16.7. The van der Waals surface area contributed by atoms with Crippen LogP contribution in [0.2, 0.25) is 0 Å². The van der Waals surface area contributed by atoms with Gasteiger partial charge < -0.3 is 14.9 Å². The highest BCUT2D eigenvalue weighted by Gasteiger charge is 2.12. The third-order valence-corrected chi connectivity index (χ3v) is 5.91. The Kier molecular flexibility index (Phi) is 6.13. The second kappa shape index (κ2) is 9.67. The minimum absolute atomic E-state index is 0.243. The van der Waals surface area contributed by atoms with Gasteiger partial charge in [0.15, 0.2) is 0 Å². The van der Waals surface area contributed by atoms with Crippen molar-refractivity contribution in [1.29, 1.82) is 0 Å². The minimum atomic E-state index is 0.243. The largest absolute Gasteiger partial charge is 0.508 e. The van der Waals surface area contributed by atoms with Crippen LogP contribution < -0.4 is 4.74 Å². The van der Waals surface area contributed by atoms with Crippen molar-refractivity contribution in [2.24, 2.45) is 4.99 Å². The van der Waals surface area contributed by atoms with E-state index < -0.39 is 0 Å². The number of benzene rings is 4. The van der Waals surface area contributed by atoms with Gasteiger partial charge in [-0.2, -0.15) is 0 Å². The normalized spacial score (nSPS) is 13.0. The van der Waals surface area contributed by atoms with E-state index in [2.05, 4.69) is 29.3 Å². The fourth-order valence-corrected chi connectivity index (χ4v) is 4.17. The molecular weight excluding hydrogens is 422 g/mol. The van der Waals surface area contributed by atoms with Gasteiger partial charge in [-0.15, -0.1) is 0 Å². The molecule has 168 valence electrons. The summed E-state index contributed by atoms with van der Waals surface area (Å²) in [5, 5.41) is 21.8. The number of hydrogen-bond donors (Lipinski definition) is 2. The highest BCUT2D eigenvalue weighted by molar-refractivity contribution is 5.93. The average molecular weight is 448 g/mol. The van der Waals surface area contributed by atoms with E-state index in [4.69, 9.17) is 4.74 Å². The number of fused-ring (bicyclic) bond motifs is 1. The number of ether oxygens (including phenoxy) is 1. The van der Waals surface area contributed by atoms with Gasteiger partial charge in [0.2, 0.25) is 0 Å². The molecule has 0 unspecified atom stereocenters. The molecule has 4 heteroatoms. The summed E-state index contributed by atoms with van der Waals surface area (Å²) in [5.41, 5.74) is 5.36. The summed E-state index contributed by atoms with van der Waals surface area (Å²) in [6.07, 6.45) is 9.49. The molecule has 1 aliphatic rings. The third-order valence-electron chi connectivity index (χ3n) is 5.91. The number of phenols is 2. The average Bonchev–Trinajstić information content (AvgIpc) is 3.13. The highest BCUT2D eigenvalue weighted by Crippen LogP contribution is 2.34. The molecule has 0 amide bonds. The van der Waals surface area contributed by atoms with Crippen LogP contribution in [0.1, 0.15) is 17.5 Å². The van der Waals surface area contributed by atoms with Gasteiger partial charge in [0, 0.05) is 12.6 Å². The monoisotopic (exact) mass is 447 g/mol. The number of aromatic hydroxyl groups is 2. The number of aliphatic imine (C=N–C) groups is 1. The topological polar surface area (TPSA) is 62.0 Å². The maximum atomic E-state index is 9.96. The molecule has 0 spiro atoms. The maximum absolute atomic E-state index is 9.96. The van der Waals surface area contributed by atoms with Gasteiger partial charge >= 0.3 is 0 Å². The number of nitrogens with zero attached hydrogens (tertiary/aromatic N) is 1. The molecule has 1 heterocycles. The van der Waals surface area contributed by atoms with Crippen molar-refractivity contribution in [3.63, 3.8) is 0 Å². The van der Waals surface area contributed by atoms with Crippen LogP contribution in [0.5, 0.6) is 17.2 Å². The quantitative estimate of drug-likeness (QED) is 0.342. The number of phenolic OH excluding ortho intramolecular Hbond substituents is 2. The van der Waals surface area contributed by atoms with Gasteiger partial charge in [0.1, 0.15) is 23.9 Å². The number of rotatable bonds is 6. The summed E-state index contributed by atoms with van der Waals surface area (Å²) >= 11 is 0. The molecule has 4 nitrogen and oxygen atoms in total. The van der Waals surface area contributed by atoms with E-state index >= 15 is 0 Å². The van der Waals surface area contributed by atoms with Crippen molar-refractivity contribution in [2.75, 3.05) is 6.61 Å². The van der Waals surface area contributed by atoms with E-state index in [0.717, 1.165) is 51.8 Å². The molecule has 5 rings (SSSR count).